The lowest BCUT2D eigenvalue weighted by Gasteiger charge is -2.38. The van der Waals surface area contributed by atoms with Crippen LogP contribution in [0.1, 0.15) is 31.9 Å². The van der Waals surface area contributed by atoms with Crippen LogP contribution in [0, 0.1) is 5.82 Å². The highest BCUT2D eigenvalue weighted by Crippen LogP contribution is 2.42. The highest BCUT2D eigenvalue weighted by Gasteiger charge is 2.36. The number of benzene rings is 2. The van der Waals surface area contributed by atoms with Crippen molar-refractivity contribution in [3.05, 3.63) is 69.2 Å². The van der Waals surface area contributed by atoms with Gasteiger partial charge in [0.1, 0.15) is 5.60 Å². The average Bonchev–Trinajstić information content (AvgIpc) is 2.67. The number of rotatable bonds is 2. The maximum atomic E-state index is 14.5. The van der Waals surface area contributed by atoms with E-state index in [-0.39, 0.29) is 16.3 Å². The van der Waals surface area contributed by atoms with E-state index in [0.29, 0.717) is 23.2 Å². The molecule has 0 unspecified atom stereocenters. The third-order valence-corrected chi connectivity index (χ3v) is 5.54. The Bertz CT molecular complexity index is 1220. The Hall–Kier alpha value is -3.06. The molecule has 2 N–H and O–H groups in total. The SMILES string of the molecule is Cn1c(=O)ccc2c(NC(=O)N[C@@H]3CC(C)(C)Oc4c3ccc(Cl)c4F)cccc21. The molecule has 156 valence electrons. The number of carbonyl (C=O) groups is 1. The smallest absolute Gasteiger partial charge is 0.319 e. The van der Waals surface area contributed by atoms with E-state index in [1.807, 2.05) is 19.9 Å². The van der Waals surface area contributed by atoms with Gasteiger partial charge in [0, 0.05) is 30.5 Å². The fraction of sp³-hybridized carbons (Fsp3) is 0.273. The maximum absolute atomic E-state index is 14.5. The summed E-state index contributed by atoms with van der Waals surface area (Å²) in [6.07, 6.45) is 0.457. The number of hydrogen-bond donors (Lipinski definition) is 2. The van der Waals surface area contributed by atoms with Gasteiger partial charge in [-0.3, -0.25) is 4.79 Å². The van der Waals surface area contributed by atoms with Gasteiger partial charge in [-0.25, -0.2) is 9.18 Å². The number of ether oxygens (including phenoxy) is 1. The Labute approximate surface area is 177 Å². The van der Waals surface area contributed by atoms with Gasteiger partial charge in [-0.05, 0) is 38.1 Å². The van der Waals surface area contributed by atoms with E-state index < -0.39 is 23.5 Å². The molecular formula is C22H21ClFN3O3. The zero-order valence-corrected chi connectivity index (χ0v) is 17.5. The number of halogens is 2. The van der Waals surface area contributed by atoms with E-state index in [1.54, 1.807) is 31.3 Å². The van der Waals surface area contributed by atoms with Gasteiger partial charge < -0.3 is 19.9 Å². The summed E-state index contributed by atoms with van der Waals surface area (Å²) in [5.41, 5.74) is 0.982. The molecule has 2 aromatic carbocycles. The van der Waals surface area contributed by atoms with Crippen LogP contribution in [0.25, 0.3) is 10.9 Å². The Kier molecular flexibility index (Phi) is 4.94. The maximum Gasteiger partial charge on any atom is 0.319 e. The van der Waals surface area contributed by atoms with Crippen LogP contribution < -0.4 is 20.9 Å². The van der Waals surface area contributed by atoms with Gasteiger partial charge in [0.25, 0.3) is 5.56 Å². The number of fused-ring (bicyclic) bond motifs is 2. The number of nitrogens with one attached hydrogen (secondary N) is 2. The Balaban J connectivity index is 1.63. The minimum Gasteiger partial charge on any atom is -0.484 e. The molecule has 1 aromatic heterocycles. The summed E-state index contributed by atoms with van der Waals surface area (Å²) in [7, 11) is 1.68. The molecule has 0 fully saturated rings. The highest BCUT2D eigenvalue weighted by molar-refractivity contribution is 6.30. The van der Waals surface area contributed by atoms with Gasteiger partial charge in [0.05, 0.1) is 22.3 Å². The molecule has 0 saturated heterocycles. The van der Waals surface area contributed by atoms with E-state index in [1.165, 1.54) is 16.7 Å². The monoisotopic (exact) mass is 429 g/mol. The summed E-state index contributed by atoms with van der Waals surface area (Å²) in [5.74, 6) is -0.576. The molecule has 30 heavy (non-hydrogen) atoms. The zero-order valence-electron chi connectivity index (χ0n) is 16.8. The van der Waals surface area contributed by atoms with Crippen molar-refractivity contribution >= 4 is 34.2 Å². The van der Waals surface area contributed by atoms with Gasteiger partial charge in [0.15, 0.2) is 11.6 Å². The number of pyridine rings is 1. The van der Waals surface area contributed by atoms with Crippen LogP contribution in [0.15, 0.2) is 47.3 Å². The van der Waals surface area contributed by atoms with Crippen molar-refractivity contribution in [1.82, 2.24) is 9.88 Å². The fourth-order valence-corrected chi connectivity index (χ4v) is 3.95. The van der Waals surface area contributed by atoms with E-state index in [4.69, 9.17) is 16.3 Å². The van der Waals surface area contributed by atoms with Gasteiger partial charge in [-0.1, -0.05) is 23.7 Å². The first-order chi connectivity index (χ1) is 14.2. The number of amides is 2. The molecule has 3 aromatic rings. The molecule has 2 amide bonds. The van der Waals surface area contributed by atoms with Crippen LogP contribution in [-0.2, 0) is 7.05 Å². The van der Waals surface area contributed by atoms with Crippen LogP contribution >= 0.6 is 11.6 Å². The van der Waals surface area contributed by atoms with Crippen molar-refractivity contribution in [1.29, 1.82) is 0 Å². The number of urea groups is 1. The van der Waals surface area contributed by atoms with E-state index >= 15 is 0 Å². The van der Waals surface area contributed by atoms with Crippen LogP contribution in [0.2, 0.25) is 5.02 Å². The second kappa shape index (κ2) is 7.32. The molecule has 0 bridgehead atoms. The van der Waals surface area contributed by atoms with Crippen molar-refractivity contribution in [2.45, 2.75) is 31.9 Å². The quantitative estimate of drug-likeness (QED) is 0.617. The van der Waals surface area contributed by atoms with E-state index in [2.05, 4.69) is 10.6 Å². The first kappa shape index (κ1) is 20.2. The van der Waals surface area contributed by atoms with Gasteiger partial charge in [0.2, 0.25) is 0 Å². The van der Waals surface area contributed by atoms with E-state index in [0.717, 1.165) is 5.39 Å². The molecule has 0 saturated carbocycles. The third-order valence-electron chi connectivity index (χ3n) is 5.25. The van der Waals surface area contributed by atoms with Crippen molar-refractivity contribution in [3.63, 3.8) is 0 Å². The Morgan fingerprint density at radius 2 is 2.00 bits per heavy atom. The number of aryl methyl sites for hydroxylation is 1. The first-order valence-corrected chi connectivity index (χ1v) is 9.87. The predicted molar refractivity (Wildman–Crippen MR) is 115 cm³/mol. The largest absolute Gasteiger partial charge is 0.484 e. The third kappa shape index (κ3) is 3.61. The lowest BCUT2D eigenvalue weighted by molar-refractivity contribution is 0.0630. The Morgan fingerprint density at radius 3 is 2.77 bits per heavy atom. The molecule has 6 nitrogen and oxygen atoms in total. The standard InChI is InChI=1S/C22H21ClFN3O3/c1-22(2)11-16(13-7-9-14(23)19(24)20(13)30-22)26-21(29)25-15-5-4-6-17-12(15)8-10-18(28)27(17)3/h4-10,16H,11H2,1-3H3,(H2,25,26,29)/t16-/m1/s1. The number of nitrogens with zero attached hydrogens (tertiary/aromatic N) is 1. The lowest BCUT2D eigenvalue weighted by Crippen LogP contribution is -2.42. The minimum absolute atomic E-state index is 0.0315. The van der Waals surface area contributed by atoms with Crippen LogP contribution in [-0.4, -0.2) is 16.2 Å². The number of carbonyl (C=O) groups excluding carboxylic acids is 1. The number of aromatic nitrogens is 1. The highest BCUT2D eigenvalue weighted by atomic mass is 35.5. The number of anilines is 1. The molecule has 2 heterocycles. The van der Waals surface area contributed by atoms with Crippen LogP contribution in [0.3, 0.4) is 0 Å². The van der Waals surface area contributed by atoms with Crippen LogP contribution in [0.4, 0.5) is 14.9 Å². The van der Waals surface area contributed by atoms with Crippen molar-refractivity contribution < 1.29 is 13.9 Å². The van der Waals surface area contributed by atoms with Crippen molar-refractivity contribution in [3.8, 4) is 5.75 Å². The van der Waals surface area contributed by atoms with E-state index in [9.17, 15) is 14.0 Å². The second-order valence-electron chi connectivity index (χ2n) is 7.97. The fourth-order valence-electron chi connectivity index (χ4n) is 3.80. The van der Waals surface area contributed by atoms with Gasteiger partial charge >= 0.3 is 6.03 Å². The molecule has 1 atom stereocenters. The minimum atomic E-state index is -0.686. The molecule has 0 aliphatic carbocycles. The molecule has 0 spiro atoms. The summed E-state index contributed by atoms with van der Waals surface area (Å²) in [6, 6.07) is 10.7. The van der Waals surface area contributed by atoms with Crippen molar-refractivity contribution in [2.24, 2.45) is 7.05 Å². The second-order valence-corrected chi connectivity index (χ2v) is 8.37. The molecule has 1 aliphatic rings. The molecule has 4 rings (SSSR count). The molecule has 1 aliphatic heterocycles. The summed E-state index contributed by atoms with van der Waals surface area (Å²) >= 11 is 5.90. The predicted octanol–water partition coefficient (Wildman–Crippen LogP) is 4.75. The van der Waals surface area contributed by atoms with Gasteiger partial charge in [-0.2, -0.15) is 0 Å². The lowest BCUT2D eigenvalue weighted by atomic mass is 9.89. The normalized spacial score (nSPS) is 17.2. The summed E-state index contributed by atoms with van der Waals surface area (Å²) in [5, 5.41) is 6.45. The topological polar surface area (TPSA) is 72.4 Å². The van der Waals surface area contributed by atoms with Crippen LogP contribution in [0.5, 0.6) is 5.75 Å². The molecular weight excluding hydrogens is 409 g/mol. The number of hydrogen-bond acceptors (Lipinski definition) is 3. The zero-order chi connectivity index (χ0) is 21.6. The van der Waals surface area contributed by atoms with Gasteiger partial charge in [-0.15, -0.1) is 0 Å². The Morgan fingerprint density at radius 1 is 1.23 bits per heavy atom. The summed E-state index contributed by atoms with van der Waals surface area (Å²) < 4.78 is 21.8. The summed E-state index contributed by atoms with van der Waals surface area (Å²) in [6.45, 7) is 3.65. The summed E-state index contributed by atoms with van der Waals surface area (Å²) in [4.78, 5) is 24.7. The molecule has 0 radical (unpaired) electrons. The van der Waals surface area contributed by atoms with Crippen molar-refractivity contribution in [2.75, 3.05) is 5.32 Å². The average molecular weight is 430 g/mol. The molecule has 8 heteroatoms. The first-order valence-electron chi connectivity index (χ1n) is 9.49.